The molecule has 2 rings (SSSR count). The van der Waals surface area contributed by atoms with Crippen molar-refractivity contribution in [2.24, 2.45) is 11.8 Å². The second-order valence-electron chi connectivity index (χ2n) is 7.93. The van der Waals surface area contributed by atoms with Crippen LogP contribution in [0.3, 0.4) is 0 Å². The highest BCUT2D eigenvalue weighted by Gasteiger charge is 2.41. The van der Waals surface area contributed by atoms with Gasteiger partial charge in [-0.15, -0.1) is 0 Å². The molecule has 21 heavy (non-hydrogen) atoms. The molecule has 0 spiro atoms. The van der Waals surface area contributed by atoms with Gasteiger partial charge in [-0.1, -0.05) is 41.0 Å². The minimum atomic E-state index is 0.368. The number of nitrogens with zero attached hydrogens (tertiary/aromatic N) is 1. The summed E-state index contributed by atoms with van der Waals surface area (Å²) in [5.74, 6) is 1.76. The molecule has 1 heterocycles. The van der Waals surface area contributed by atoms with Crippen LogP contribution in [0.15, 0.2) is 0 Å². The predicted molar refractivity (Wildman–Crippen MR) is 92.7 cm³/mol. The van der Waals surface area contributed by atoms with Crippen LogP contribution in [0.5, 0.6) is 0 Å². The van der Waals surface area contributed by atoms with Crippen LogP contribution in [0.2, 0.25) is 0 Å². The molecule has 0 aromatic heterocycles. The standard InChI is InChI=1S/C19H38N2/c1-6-16-9-11-17(12-10-16)21-14-19(7-2,8-3)20-13-18(21)15(4)5/h15-18,20H,6-14H2,1-5H3. The Labute approximate surface area is 133 Å². The van der Waals surface area contributed by atoms with Crippen LogP contribution in [-0.4, -0.2) is 35.6 Å². The Morgan fingerprint density at radius 1 is 1.05 bits per heavy atom. The van der Waals surface area contributed by atoms with Crippen LogP contribution in [0.1, 0.15) is 79.6 Å². The predicted octanol–water partition coefficient (Wildman–Crippen LogP) is 4.44. The van der Waals surface area contributed by atoms with E-state index in [1.54, 1.807) is 0 Å². The number of nitrogens with one attached hydrogen (secondary N) is 1. The van der Waals surface area contributed by atoms with E-state index in [4.69, 9.17) is 0 Å². The molecular formula is C19H38N2. The minimum Gasteiger partial charge on any atom is -0.308 e. The zero-order valence-corrected chi connectivity index (χ0v) is 15.1. The third kappa shape index (κ3) is 3.82. The topological polar surface area (TPSA) is 15.3 Å². The molecule has 1 atom stereocenters. The molecule has 0 aromatic rings. The Kier molecular flexibility index (Phi) is 6.14. The summed E-state index contributed by atoms with van der Waals surface area (Å²) in [6.45, 7) is 14.4. The van der Waals surface area contributed by atoms with E-state index in [0.717, 1.165) is 23.9 Å². The molecular weight excluding hydrogens is 256 g/mol. The van der Waals surface area contributed by atoms with Crippen LogP contribution in [0.4, 0.5) is 0 Å². The fraction of sp³-hybridized carbons (Fsp3) is 1.00. The molecule has 0 aromatic carbocycles. The van der Waals surface area contributed by atoms with Gasteiger partial charge < -0.3 is 5.32 Å². The highest BCUT2D eigenvalue weighted by atomic mass is 15.3. The van der Waals surface area contributed by atoms with Crippen LogP contribution >= 0.6 is 0 Å². The molecule has 1 N–H and O–H groups in total. The first-order chi connectivity index (χ1) is 10.0. The fourth-order valence-corrected chi connectivity index (χ4v) is 4.59. The maximum atomic E-state index is 3.91. The highest BCUT2D eigenvalue weighted by molar-refractivity contribution is 5.00. The van der Waals surface area contributed by atoms with Crippen molar-refractivity contribution >= 4 is 0 Å². The van der Waals surface area contributed by atoms with Gasteiger partial charge in [0.2, 0.25) is 0 Å². The van der Waals surface area contributed by atoms with E-state index < -0.39 is 0 Å². The summed E-state index contributed by atoms with van der Waals surface area (Å²) in [5, 5.41) is 3.91. The van der Waals surface area contributed by atoms with E-state index >= 15 is 0 Å². The average molecular weight is 295 g/mol. The summed E-state index contributed by atoms with van der Waals surface area (Å²) in [6, 6.07) is 1.58. The van der Waals surface area contributed by atoms with Crippen molar-refractivity contribution < 1.29 is 0 Å². The Morgan fingerprint density at radius 3 is 2.14 bits per heavy atom. The molecule has 0 bridgehead atoms. The van der Waals surface area contributed by atoms with Gasteiger partial charge in [-0.2, -0.15) is 0 Å². The van der Waals surface area contributed by atoms with Gasteiger partial charge >= 0.3 is 0 Å². The first-order valence-electron chi connectivity index (χ1n) is 9.56. The average Bonchev–Trinajstić information content (AvgIpc) is 2.54. The van der Waals surface area contributed by atoms with Gasteiger partial charge in [0, 0.05) is 30.7 Å². The van der Waals surface area contributed by atoms with Crippen LogP contribution in [0.25, 0.3) is 0 Å². The van der Waals surface area contributed by atoms with Gasteiger partial charge in [-0.05, 0) is 50.4 Å². The van der Waals surface area contributed by atoms with E-state index in [2.05, 4.69) is 44.8 Å². The summed E-state index contributed by atoms with van der Waals surface area (Å²) in [7, 11) is 0. The molecule has 1 saturated heterocycles. The Balaban J connectivity index is 2.07. The summed E-state index contributed by atoms with van der Waals surface area (Å²) in [4.78, 5) is 2.92. The number of hydrogen-bond donors (Lipinski definition) is 1. The van der Waals surface area contributed by atoms with E-state index in [-0.39, 0.29) is 0 Å². The van der Waals surface area contributed by atoms with E-state index in [9.17, 15) is 0 Å². The lowest BCUT2D eigenvalue weighted by molar-refractivity contribution is -0.000364. The second-order valence-corrected chi connectivity index (χ2v) is 7.93. The molecule has 124 valence electrons. The van der Waals surface area contributed by atoms with Crippen LogP contribution in [-0.2, 0) is 0 Å². The zero-order valence-electron chi connectivity index (χ0n) is 15.1. The van der Waals surface area contributed by atoms with Gasteiger partial charge in [0.15, 0.2) is 0 Å². The molecule has 1 aliphatic heterocycles. The SMILES string of the molecule is CCC1CCC(N2CC(CC)(CC)NCC2C(C)C)CC1. The smallest absolute Gasteiger partial charge is 0.0304 e. The summed E-state index contributed by atoms with van der Waals surface area (Å²) in [6.07, 6.45) is 9.69. The maximum absolute atomic E-state index is 3.91. The molecule has 0 radical (unpaired) electrons. The number of hydrogen-bond acceptors (Lipinski definition) is 2. The Bertz CT molecular complexity index is 301. The van der Waals surface area contributed by atoms with Crippen molar-refractivity contribution in [2.45, 2.75) is 97.2 Å². The lowest BCUT2D eigenvalue weighted by atomic mass is 9.80. The van der Waals surface area contributed by atoms with Gasteiger partial charge in [-0.25, -0.2) is 0 Å². The second kappa shape index (κ2) is 7.46. The fourth-order valence-electron chi connectivity index (χ4n) is 4.59. The number of rotatable bonds is 5. The highest BCUT2D eigenvalue weighted by Crippen LogP contribution is 2.34. The summed E-state index contributed by atoms with van der Waals surface area (Å²) >= 11 is 0. The van der Waals surface area contributed by atoms with Crippen molar-refractivity contribution in [3.63, 3.8) is 0 Å². The summed E-state index contributed by atoms with van der Waals surface area (Å²) < 4.78 is 0. The van der Waals surface area contributed by atoms with Crippen molar-refractivity contribution in [3.8, 4) is 0 Å². The van der Waals surface area contributed by atoms with Gasteiger partial charge in [-0.3, -0.25) is 4.90 Å². The molecule has 1 unspecified atom stereocenters. The molecule has 2 fully saturated rings. The van der Waals surface area contributed by atoms with Crippen LogP contribution < -0.4 is 5.32 Å². The minimum absolute atomic E-state index is 0.368. The summed E-state index contributed by atoms with van der Waals surface area (Å²) in [5.41, 5.74) is 0.368. The Morgan fingerprint density at radius 2 is 1.67 bits per heavy atom. The first kappa shape index (κ1) is 17.3. The molecule has 1 aliphatic carbocycles. The normalized spacial score (nSPS) is 34.3. The molecule has 2 heteroatoms. The lowest BCUT2D eigenvalue weighted by Gasteiger charge is -2.53. The third-order valence-corrected chi connectivity index (χ3v) is 6.58. The number of piperazine rings is 1. The molecule has 2 aliphatic rings. The van der Waals surface area contributed by atoms with E-state index in [1.807, 2.05) is 0 Å². The first-order valence-corrected chi connectivity index (χ1v) is 9.56. The lowest BCUT2D eigenvalue weighted by Crippen LogP contribution is -2.67. The molecule has 0 amide bonds. The van der Waals surface area contributed by atoms with Crippen LogP contribution in [0, 0.1) is 11.8 Å². The van der Waals surface area contributed by atoms with Crippen molar-refractivity contribution in [1.82, 2.24) is 10.2 Å². The zero-order chi connectivity index (χ0) is 15.5. The van der Waals surface area contributed by atoms with Gasteiger partial charge in [0.05, 0.1) is 0 Å². The third-order valence-electron chi connectivity index (χ3n) is 6.58. The Hall–Kier alpha value is -0.0800. The van der Waals surface area contributed by atoms with Crippen molar-refractivity contribution in [3.05, 3.63) is 0 Å². The molecule has 2 nitrogen and oxygen atoms in total. The van der Waals surface area contributed by atoms with Gasteiger partial charge in [0.25, 0.3) is 0 Å². The van der Waals surface area contributed by atoms with Crippen molar-refractivity contribution in [1.29, 1.82) is 0 Å². The van der Waals surface area contributed by atoms with Crippen molar-refractivity contribution in [2.75, 3.05) is 13.1 Å². The van der Waals surface area contributed by atoms with E-state index in [0.29, 0.717) is 5.54 Å². The largest absolute Gasteiger partial charge is 0.308 e. The van der Waals surface area contributed by atoms with Gasteiger partial charge in [0.1, 0.15) is 0 Å². The monoisotopic (exact) mass is 294 g/mol. The quantitative estimate of drug-likeness (QED) is 0.806. The molecule has 1 saturated carbocycles. The van der Waals surface area contributed by atoms with E-state index in [1.165, 1.54) is 58.0 Å². The maximum Gasteiger partial charge on any atom is 0.0304 e.